The molecule has 0 bridgehead atoms. The van der Waals surface area contributed by atoms with Crippen molar-refractivity contribution >= 4 is 28.0 Å². The fraction of sp³-hybridized carbons (Fsp3) is 0.300. The molecule has 0 aliphatic carbocycles. The van der Waals surface area contributed by atoms with Gasteiger partial charge in [-0.2, -0.15) is 5.10 Å². The van der Waals surface area contributed by atoms with Crippen molar-refractivity contribution < 1.29 is 9.18 Å². The number of nitrogens with one attached hydrogen (secondary N) is 2. The van der Waals surface area contributed by atoms with Gasteiger partial charge in [0.25, 0.3) is 5.91 Å². The molecule has 0 unspecified atom stereocenters. The average molecular weight is 395 g/mol. The number of carbonyl (C=O) groups excluding carboxylic acids is 1. The topological polar surface area (TPSA) is 115 Å². The summed E-state index contributed by atoms with van der Waals surface area (Å²) in [6.07, 6.45) is 3.83. The zero-order chi connectivity index (χ0) is 20.8. The Balaban J connectivity index is 1.78. The lowest BCUT2D eigenvalue weighted by molar-refractivity contribution is 0.0912. The Morgan fingerprint density at radius 3 is 2.93 bits per heavy atom. The summed E-state index contributed by atoms with van der Waals surface area (Å²) >= 11 is 0. The van der Waals surface area contributed by atoms with Crippen LogP contribution in [0.4, 0.5) is 4.39 Å². The van der Waals surface area contributed by atoms with Gasteiger partial charge >= 0.3 is 0 Å². The first-order chi connectivity index (χ1) is 13.8. The van der Waals surface area contributed by atoms with E-state index in [-0.39, 0.29) is 11.7 Å². The second-order valence-electron chi connectivity index (χ2n) is 7.67. The SMILES string of the molecule is Cn1nc(-c2cnc3[nH]cc(C(=O)NC(C)(C)CCN)c3n2)c2ccc(F)cc21. The van der Waals surface area contributed by atoms with Crippen LogP contribution in [0.3, 0.4) is 0 Å². The largest absolute Gasteiger partial charge is 0.347 e. The third kappa shape index (κ3) is 3.44. The van der Waals surface area contributed by atoms with Crippen molar-refractivity contribution in [3.63, 3.8) is 0 Å². The molecule has 3 aromatic heterocycles. The molecule has 0 spiro atoms. The molecule has 0 atom stereocenters. The molecule has 4 aromatic rings. The van der Waals surface area contributed by atoms with E-state index in [2.05, 4.69) is 25.4 Å². The van der Waals surface area contributed by atoms with Crippen molar-refractivity contribution in [1.82, 2.24) is 30.0 Å². The van der Waals surface area contributed by atoms with Crippen LogP contribution < -0.4 is 11.1 Å². The van der Waals surface area contributed by atoms with Crippen LogP contribution in [0, 0.1) is 5.82 Å². The lowest BCUT2D eigenvalue weighted by Crippen LogP contribution is -2.44. The summed E-state index contributed by atoms with van der Waals surface area (Å²) in [6.45, 7) is 4.31. The zero-order valence-electron chi connectivity index (χ0n) is 16.5. The standard InChI is InChI=1S/C20H22FN7O/c1-20(2,6-7-22)26-19(29)13-9-23-18-17(13)25-14(10-24-18)16-12-5-4-11(21)8-15(12)28(3)27-16/h4-5,8-10H,6-7,22H2,1-3H3,(H,23,24)(H,26,29). The number of fused-ring (bicyclic) bond motifs is 2. The number of nitrogens with two attached hydrogens (primary N) is 1. The molecule has 0 saturated heterocycles. The second-order valence-corrected chi connectivity index (χ2v) is 7.67. The van der Waals surface area contributed by atoms with Crippen LogP contribution in [0.2, 0.25) is 0 Å². The molecular weight excluding hydrogens is 373 g/mol. The maximum atomic E-state index is 13.6. The first kappa shape index (κ1) is 19.0. The molecule has 0 radical (unpaired) electrons. The number of aromatic nitrogens is 5. The van der Waals surface area contributed by atoms with Crippen molar-refractivity contribution in [1.29, 1.82) is 0 Å². The van der Waals surface area contributed by atoms with E-state index in [9.17, 15) is 9.18 Å². The molecule has 4 rings (SSSR count). The van der Waals surface area contributed by atoms with Gasteiger partial charge in [0.05, 0.1) is 17.3 Å². The van der Waals surface area contributed by atoms with E-state index in [1.54, 1.807) is 30.2 Å². The van der Waals surface area contributed by atoms with Crippen LogP contribution in [0.5, 0.6) is 0 Å². The highest BCUT2D eigenvalue weighted by molar-refractivity contribution is 6.05. The lowest BCUT2D eigenvalue weighted by atomic mass is 10.0. The van der Waals surface area contributed by atoms with E-state index in [4.69, 9.17) is 5.73 Å². The summed E-state index contributed by atoms with van der Waals surface area (Å²) in [6, 6.07) is 4.47. The van der Waals surface area contributed by atoms with Gasteiger partial charge in [-0.25, -0.2) is 14.4 Å². The molecule has 3 heterocycles. The van der Waals surface area contributed by atoms with E-state index < -0.39 is 5.54 Å². The van der Waals surface area contributed by atoms with Gasteiger partial charge in [0.1, 0.15) is 22.7 Å². The lowest BCUT2D eigenvalue weighted by Gasteiger charge is -2.25. The van der Waals surface area contributed by atoms with E-state index in [0.717, 1.165) is 5.39 Å². The van der Waals surface area contributed by atoms with Gasteiger partial charge in [-0.15, -0.1) is 0 Å². The van der Waals surface area contributed by atoms with Gasteiger partial charge in [0.15, 0.2) is 5.65 Å². The number of hydrogen-bond donors (Lipinski definition) is 3. The summed E-state index contributed by atoms with van der Waals surface area (Å²) in [7, 11) is 1.74. The molecule has 1 amide bonds. The molecule has 4 N–H and O–H groups in total. The minimum Gasteiger partial charge on any atom is -0.347 e. The van der Waals surface area contributed by atoms with E-state index in [0.29, 0.717) is 46.6 Å². The summed E-state index contributed by atoms with van der Waals surface area (Å²) < 4.78 is 15.2. The van der Waals surface area contributed by atoms with Crippen molar-refractivity contribution in [2.24, 2.45) is 12.8 Å². The van der Waals surface area contributed by atoms with Crippen molar-refractivity contribution in [2.45, 2.75) is 25.8 Å². The minimum atomic E-state index is -0.443. The number of benzene rings is 1. The Morgan fingerprint density at radius 2 is 2.17 bits per heavy atom. The van der Waals surface area contributed by atoms with Crippen LogP contribution in [-0.2, 0) is 7.05 Å². The molecule has 0 saturated carbocycles. The fourth-order valence-corrected chi connectivity index (χ4v) is 3.40. The highest BCUT2D eigenvalue weighted by Crippen LogP contribution is 2.28. The molecule has 0 aliphatic rings. The number of H-pyrrole nitrogens is 1. The number of nitrogens with zero attached hydrogens (tertiary/aromatic N) is 4. The molecule has 0 fully saturated rings. The predicted molar refractivity (Wildman–Crippen MR) is 109 cm³/mol. The summed E-state index contributed by atoms with van der Waals surface area (Å²) in [4.78, 5) is 24.8. The molecule has 150 valence electrons. The summed E-state index contributed by atoms with van der Waals surface area (Å²) in [5, 5.41) is 8.21. The minimum absolute atomic E-state index is 0.255. The predicted octanol–water partition coefficient (Wildman–Crippen LogP) is 2.51. The van der Waals surface area contributed by atoms with Gasteiger partial charge in [-0.1, -0.05) is 0 Å². The molecule has 1 aromatic carbocycles. The van der Waals surface area contributed by atoms with Gasteiger partial charge in [0, 0.05) is 24.2 Å². The Kier molecular flexibility index (Phi) is 4.54. The van der Waals surface area contributed by atoms with Gasteiger partial charge < -0.3 is 16.0 Å². The van der Waals surface area contributed by atoms with E-state index in [1.807, 2.05) is 13.8 Å². The maximum absolute atomic E-state index is 13.6. The highest BCUT2D eigenvalue weighted by Gasteiger charge is 2.23. The first-order valence-corrected chi connectivity index (χ1v) is 9.28. The summed E-state index contributed by atoms with van der Waals surface area (Å²) in [5.41, 5.74) is 8.26. The number of amides is 1. The molecule has 0 aliphatic heterocycles. The molecule has 9 heteroatoms. The number of rotatable bonds is 5. The maximum Gasteiger partial charge on any atom is 0.255 e. The van der Waals surface area contributed by atoms with Crippen LogP contribution in [-0.4, -0.2) is 42.7 Å². The Hall–Kier alpha value is -3.33. The number of hydrogen-bond acceptors (Lipinski definition) is 5. The van der Waals surface area contributed by atoms with Crippen molar-refractivity contribution in [2.75, 3.05) is 6.54 Å². The van der Waals surface area contributed by atoms with Crippen LogP contribution in [0.25, 0.3) is 33.5 Å². The fourth-order valence-electron chi connectivity index (χ4n) is 3.40. The van der Waals surface area contributed by atoms with E-state index >= 15 is 0 Å². The monoisotopic (exact) mass is 395 g/mol. The Morgan fingerprint density at radius 1 is 1.38 bits per heavy atom. The normalized spacial score (nSPS) is 12.0. The van der Waals surface area contributed by atoms with Crippen molar-refractivity contribution in [3.8, 4) is 11.4 Å². The Bertz CT molecular complexity index is 1220. The van der Waals surface area contributed by atoms with Crippen LogP contribution >= 0.6 is 0 Å². The van der Waals surface area contributed by atoms with Crippen molar-refractivity contribution in [3.05, 3.63) is 42.0 Å². The first-order valence-electron chi connectivity index (χ1n) is 9.28. The number of aromatic amines is 1. The smallest absolute Gasteiger partial charge is 0.255 e. The molecule has 29 heavy (non-hydrogen) atoms. The van der Waals surface area contributed by atoms with Crippen LogP contribution in [0.1, 0.15) is 30.6 Å². The van der Waals surface area contributed by atoms with Crippen LogP contribution in [0.15, 0.2) is 30.6 Å². The zero-order valence-corrected chi connectivity index (χ0v) is 16.5. The third-order valence-electron chi connectivity index (χ3n) is 4.90. The van der Waals surface area contributed by atoms with Gasteiger partial charge in [0.2, 0.25) is 0 Å². The summed E-state index contributed by atoms with van der Waals surface area (Å²) in [5.74, 6) is -0.590. The van der Waals surface area contributed by atoms with Gasteiger partial charge in [-0.3, -0.25) is 9.48 Å². The highest BCUT2D eigenvalue weighted by atomic mass is 19.1. The number of aryl methyl sites for hydroxylation is 1. The Labute approximate surface area is 166 Å². The number of carbonyl (C=O) groups is 1. The molecule has 8 nitrogen and oxygen atoms in total. The quantitative estimate of drug-likeness (QED) is 0.480. The second kappa shape index (κ2) is 6.93. The number of halogens is 1. The van der Waals surface area contributed by atoms with Gasteiger partial charge in [-0.05, 0) is 45.0 Å². The third-order valence-corrected chi connectivity index (χ3v) is 4.90. The average Bonchev–Trinajstić information content (AvgIpc) is 3.22. The van der Waals surface area contributed by atoms with E-state index in [1.165, 1.54) is 12.1 Å². The molecular formula is C20H22FN7O.